The van der Waals surface area contributed by atoms with E-state index in [4.69, 9.17) is 4.74 Å². The molecule has 0 amide bonds. The van der Waals surface area contributed by atoms with Gasteiger partial charge < -0.3 is 15.0 Å². The minimum absolute atomic E-state index is 0.650. The highest BCUT2D eigenvalue weighted by Gasteiger charge is 2.19. The monoisotopic (exact) mass is 243 g/mol. The first kappa shape index (κ1) is 14.9. The molecule has 17 heavy (non-hydrogen) atoms. The number of nitrogens with one attached hydrogen (secondary N) is 1. The quantitative estimate of drug-likeness (QED) is 0.633. The van der Waals surface area contributed by atoms with Gasteiger partial charge in [0.15, 0.2) is 0 Å². The molecule has 1 atom stereocenters. The van der Waals surface area contributed by atoms with Gasteiger partial charge in [0.2, 0.25) is 0 Å². The zero-order valence-electron chi connectivity index (χ0n) is 11.7. The maximum Gasteiger partial charge on any atom is 0.0474 e. The number of nitrogens with zero attached hydrogens (tertiary/aromatic N) is 2. The van der Waals surface area contributed by atoms with E-state index in [0.717, 1.165) is 26.1 Å². The maximum absolute atomic E-state index is 5.03. The first-order chi connectivity index (χ1) is 8.27. The normalized spacial score (nSPS) is 20.6. The van der Waals surface area contributed by atoms with Crippen molar-refractivity contribution in [3.8, 4) is 0 Å². The Balaban J connectivity index is 2.05. The highest BCUT2D eigenvalue weighted by Crippen LogP contribution is 2.05. The minimum atomic E-state index is 0.650. The van der Waals surface area contributed by atoms with E-state index in [2.05, 4.69) is 29.0 Å². The van der Waals surface area contributed by atoms with Gasteiger partial charge in [-0.05, 0) is 26.4 Å². The standard InChI is InChI=1S/C13H29N3O/c1-4-15-7-9-16(10-8-15)13(2)12-14-6-5-11-17-3/h13-14H,4-12H2,1-3H3. The molecule has 1 N–H and O–H groups in total. The molecule has 1 fully saturated rings. The Morgan fingerprint density at radius 1 is 1.24 bits per heavy atom. The van der Waals surface area contributed by atoms with Crippen LogP contribution in [0.2, 0.25) is 0 Å². The summed E-state index contributed by atoms with van der Waals surface area (Å²) in [6.07, 6.45) is 1.10. The second kappa shape index (κ2) is 8.86. The fraction of sp³-hybridized carbons (Fsp3) is 1.00. The summed E-state index contributed by atoms with van der Waals surface area (Å²) in [6, 6.07) is 0.650. The van der Waals surface area contributed by atoms with Crippen LogP contribution in [-0.4, -0.2) is 75.4 Å². The first-order valence-electron chi connectivity index (χ1n) is 6.94. The van der Waals surface area contributed by atoms with E-state index >= 15 is 0 Å². The summed E-state index contributed by atoms with van der Waals surface area (Å²) in [7, 11) is 1.76. The first-order valence-corrected chi connectivity index (χ1v) is 6.94. The Labute approximate surface area is 106 Å². The van der Waals surface area contributed by atoms with Crippen LogP contribution in [0.4, 0.5) is 0 Å². The third-order valence-corrected chi connectivity index (χ3v) is 3.62. The molecule has 1 rings (SSSR count). The van der Waals surface area contributed by atoms with Gasteiger partial charge in [0.1, 0.15) is 0 Å². The number of methoxy groups -OCH3 is 1. The van der Waals surface area contributed by atoms with Crippen LogP contribution in [0, 0.1) is 0 Å². The summed E-state index contributed by atoms with van der Waals surface area (Å²) in [5.74, 6) is 0. The van der Waals surface area contributed by atoms with E-state index in [0.29, 0.717) is 6.04 Å². The van der Waals surface area contributed by atoms with Crippen molar-refractivity contribution in [2.24, 2.45) is 0 Å². The SMILES string of the molecule is CCN1CCN(C(C)CNCCCOC)CC1. The molecule has 1 heterocycles. The molecule has 1 unspecified atom stereocenters. The van der Waals surface area contributed by atoms with Crippen LogP contribution in [0.5, 0.6) is 0 Å². The summed E-state index contributed by atoms with van der Waals surface area (Å²) < 4.78 is 5.03. The van der Waals surface area contributed by atoms with E-state index in [1.54, 1.807) is 7.11 Å². The van der Waals surface area contributed by atoms with Crippen molar-refractivity contribution in [1.29, 1.82) is 0 Å². The molecule has 0 spiro atoms. The molecular weight excluding hydrogens is 214 g/mol. The molecule has 1 aliphatic rings. The van der Waals surface area contributed by atoms with Crippen LogP contribution >= 0.6 is 0 Å². The second-order valence-corrected chi connectivity index (χ2v) is 4.87. The second-order valence-electron chi connectivity index (χ2n) is 4.87. The molecule has 1 saturated heterocycles. The molecule has 102 valence electrons. The van der Waals surface area contributed by atoms with Crippen molar-refractivity contribution in [1.82, 2.24) is 15.1 Å². The van der Waals surface area contributed by atoms with Crippen LogP contribution < -0.4 is 5.32 Å². The number of piperazine rings is 1. The summed E-state index contributed by atoms with van der Waals surface area (Å²) in [5.41, 5.74) is 0. The Bertz CT molecular complexity index is 182. The smallest absolute Gasteiger partial charge is 0.0474 e. The molecule has 1 aliphatic heterocycles. The zero-order chi connectivity index (χ0) is 12.5. The van der Waals surface area contributed by atoms with Crippen LogP contribution in [0.15, 0.2) is 0 Å². The largest absolute Gasteiger partial charge is 0.385 e. The van der Waals surface area contributed by atoms with Crippen LogP contribution in [0.1, 0.15) is 20.3 Å². The average molecular weight is 243 g/mol. The van der Waals surface area contributed by atoms with E-state index in [1.807, 2.05) is 0 Å². The van der Waals surface area contributed by atoms with Gasteiger partial charge in [0, 0.05) is 52.5 Å². The van der Waals surface area contributed by atoms with Crippen molar-refractivity contribution in [3.05, 3.63) is 0 Å². The van der Waals surface area contributed by atoms with Gasteiger partial charge in [-0.25, -0.2) is 0 Å². The number of rotatable bonds is 8. The maximum atomic E-state index is 5.03. The predicted molar refractivity (Wildman–Crippen MR) is 72.5 cm³/mol. The topological polar surface area (TPSA) is 27.7 Å². The molecule has 0 aliphatic carbocycles. The molecule has 0 saturated carbocycles. The Kier molecular flexibility index (Phi) is 7.77. The molecule has 4 heteroatoms. The Hall–Kier alpha value is -0.160. The molecule has 0 aromatic rings. The third-order valence-electron chi connectivity index (χ3n) is 3.62. The highest BCUT2D eigenvalue weighted by atomic mass is 16.5. The number of likely N-dealkylation sites (N-methyl/N-ethyl adjacent to an activating group) is 1. The summed E-state index contributed by atoms with van der Waals surface area (Å²) in [5, 5.41) is 3.51. The van der Waals surface area contributed by atoms with Crippen LogP contribution in [0.3, 0.4) is 0 Å². The molecule has 0 bridgehead atoms. The Morgan fingerprint density at radius 2 is 1.94 bits per heavy atom. The van der Waals surface area contributed by atoms with E-state index < -0.39 is 0 Å². The number of ether oxygens (including phenoxy) is 1. The zero-order valence-corrected chi connectivity index (χ0v) is 11.7. The lowest BCUT2D eigenvalue weighted by molar-refractivity contribution is 0.105. The molecule has 0 aromatic heterocycles. The number of hydrogen-bond donors (Lipinski definition) is 1. The lowest BCUT2D eigenvalue weighted by Crippen LogP contribution is -2.51. The minimum Gasteiger partial charge on any atom is -0.385 e. The summed E-state index contributed by atoms with van der Waals surface area (Å²) >= 11 is 0. The Morgan fingerprint density at radius 3 is 2.53 bits per heavy atom. The summed E-state index contributed by atoms with van der Waals surface area (Å²) in [4.78, 5) is 5.12. The van der Waals surface area contributed by atoms with Gasteiger partial charge in [-0.1, -0.05) is 6.92 Å². The molecular formula is C13H29N3O. The fourth-order valence-electron chi connectivity index (χ4n) is 2.30. The van der Waals surface area contributed by atoms with Crippen molar-refractivity contribution in [2.75, 3.05) is 59.5 Å². The predicted octanol–water partition coefficient (Wildman–Crippen LogP) is 0.639. The molecule has 0 aromatic carbocycles. The van der Waals surface area contributed by atoms with E-state index in [9.17, 15) is 0 Å². The van der Waals surface area contributed by atoms with Gasteiger partial charge in [-0.2, -0.15) is 0 Å². The van der Waals surface area contributed by atoms with Gasteiger partial charge in [0.25, 0.3) is 0 Å². The van der Waals surface area contributed by atoms with Crippen molar-refractivity contribution in [2.45, 2.75) is 26.3 Å². The van der Waals surface area contributed by atoms with Gasteiger partial charge in [0.05, 0.1) is 0 Å². The van der Waals surface area contributed by atoms with Gasteiger partial charge in [-0.3, -0.25) is 4.90 Å². The third kappa shape index (κ3) is 5.82. The van der Waals surface area contributed by atoms with Crippen molar-refractivity contribution >= 4 is 0 Å². The molecule has 0 radical (unpaired) electrons. The van der Waals surface area contributed by atoms with Crippen LogP contribution in [-0.2, 0) is 4.74 Å². The average Bonchev–Trinajstić information content (AvgIpc) is 2.38. The number of hydrogen-bond acceptors (Lipinski definition) is 4. The lowest BCUT2D eigenvalue weighted by atomic mass is 10.2. The van der Waals surface area contributed by atoms with E-state index in [1.165, 1.54) is 32.7 Å². The van der Waals surface area contributed by atoms with Gasteiger partial charge in [-0.15, -0.1) is 0 Å². The lowest BCUT2D eigenvalue weighted by Gasteiger charge is -2.37. The fourth-order valence-corrected chi connectivity index (χ4v) is 2.30. The summed E-state index contributed by atoms with van der Waals surface area (Å²) in [6.45, 7) is 13.7. The highest BCUT2D eigenvalue weighted by molar-refractivity contribution is 4.76. The van der Waals surface area contributed by atoms with E-state index in [-0.39, 0.29) is 0 Å². The van der Waals surface area contributed by atoms with Crippen molar-refractivity contribution in [3.63, 3.8) is 0 Å². The molecule has 4 nitrogen and oxygen atoms in total. The van der Waals surface area contributed by atoms with Crippen LogP contribution in [0.25, 0.3) is 0 Å². The van der Waals surface area contributed by atoms with Gasteiger partial charge >= 0.3 is 0 Å². The van der Waals surface area contributed by atoms with Crippen molar-refractivity contribution < 1.29 is 4.74 Å².